The quantitative estimate of drug-likeness (QED) is 0.642. The summed E-state index contributed by atoms with van der Waals surface area (Å²) in [6.07, 6.45) is 2.81. The van der Waals surface area contributed by atoms with Crippen LogP contribution >= 0.6 is 0 Å². The summed E-state index contributed by atoms with van der Waals surface area (Å²) in [5.41, 5.74) is 0.370. The summed E-state index contributed by atoms with van der Waals surface area (Å²) < 4.78 is 48.7. The van der Waals surface area contributed by atoms with Gasteiger partial charge in [-0.15, -0.1) is 0 Å². The number of nitrogens with zero attached hydrogens (tertiary/aromatic N) is 4. The number of carbonyl (C=O) groups is 1. The molecule has 2 aliphatic rings. The first-order valence-electron chi connectivity index (χ1n) is 11.2. The Morgan fingerprint density at radius 3 is 2.52 bits per heavy atom. The van der Waals surface area contributed by atoms with E-state index in [1.807, 2.05) is 18.7 Å². The number of amides is 1. The number of likely N-dealkylation sites (tertiary alicyclic amines) is 1. The summed E-state index contributed by atoms with van der Waals surface area (Å²) in [6, 6.07) is 4.00. The number of rotatable bonds is 5. The monoisotopic (exact) mass is 480 g/mol. The Hall–Kier alpha value is -2.69. The molecule has 0 aliphatic carbocycles. The Labute approximate surface area is 192 Å². The predicted octanol–water partition coefficient (Wildman–Crippen LogP) is 3.33. The van der Waals surface area contributed by atoms with Gasteiger partial charge in [0.1, 0.15) is 5.82 Å². The van der Waals surface area contributed by atoms with Gasteiger partial charge in [0.25, 0.3) is 0 Å². The SMILES string of the molecule is CC(C)OC(=O)N1CCC(c2nc([C@H]3CCN(c4ccc(S(C)(=O)=O)cc4F)C3)no2)CC1. The zero-order valence-electron chi connectivity index (χ0n) is 19.0. The zero-order valence-corrected chi connectivity index (χ0v) is 19.8. The molecule has 0 saturated carbocycles. The lowest BCUT2D eigenvalue weighted by atomic mass is 9.97. The first-order chi connectivity index (χ1) is 15.6. The lowest BCUT2D eigenvalue weighted by molar-refractivity contribution is 0.0677. The van der Waals surface area contributed by atoms with Crippen molar-refractivity contribution in [3.8, 4) is 0 Å². The van der Waals surface area contributed by atoms with Gasteiger partial charge >= 0.3 is 6.09 Å². The van der Waals surface area contributed by atoms with E-state index in [-0.39, 0.29) is 28.9 Å². The zero-order chi connectivity index (χ0) is 23.8. The summed E-state index contributed by atoms with van der Waals surface area (Å²) in [5, 5.41) is 4.17. The third-order valence-corrected chi connectivity index (χ3v) is 7.25. The normalized spacial score (nSPS) is 20.0. The first-order valence-corrected chi connectivity index (χ1v) is 13.0. The van der Waals surface area contributed by atoms with Crippen LogP contribution in [-0.2, 0) is 14.6 Å². The maximum Gasteiger partial charge on any atom is 0.410 e. The van der Waals surface area contributed by atoms with E-state index in [0.29, 0.717) is 43.6 Å². The number of carbonyl (C=O) groups excluding carboxylic acids is 1. The molecule has 2 aromatic rings. The fourth-order valence-corrected chi connectivity index (χ4v) is 4.96. The Kier molecular flexibility index (Phi) is 6.60. The number of halogens is 1. The highest BCUT2D eigenvalue weighted by molar-refractivity contribution is 7.90. The second-order valence-corrected chi connectivity index (χ2v) is 11.0. The molecule has 1 aromatic carbocycles. The van der Waals surface area contributed by atoms with E-state index < -0.39 is 15.7 Å². The van der Waals surface area contributed by atoms with E-state index in [2.05, 4.69) is 10.1 Å². The first kappa shape index (κ1) is 23.5. The molecule has 2 aliphatic heterocycles. The van der Waals surface area contributed by atoms with Crippen molar-refractivity contribution in [3.63, 3.8) is 0 Å². The molecule has 11 heteroatoms. The topological polar surface area (TPSA) is 106 Å². The van der Waals surface area contributed by atoms with Crippen LogP contribution in [0, 0.1) is 5.82 Å². The Balaban J connectivity index is 1.36. The minimum Gasteiger partial charge on any atom is -0.447 e. The predicted molar refractivity (Wildman–Crippen MR) is 119 cm³/mol. The van der Waals surface area contributed by atoms with E-state index in [1.54, 1.807) is 4.90 Å². The highest BCUT2D eigenvalue weighted by atomic mass is 32.2. The number of sulfone groups is 1. The van der Waals surface area contributed by atoms with Crippen molar-refractivity contribution < 1.29 is 26.9 Å². The molecule has 3 heterocycles. The van der Waals surface area contributed by atoms with Crippen LogP contribution in [0.4, 0.5) is 14.9 Å². The number of benzene rings is 1. The molecule has 0 bridgehead atoms. The molecular weight excluding hydrogens is 451 g/mol. The fourth-order valence-electron chi connectivity index (χ4n) is 4.33. The molecule has 0 spiro atoms. The second kappa shape index (κ2) is 9.28. The van der Waals surface area contributed by atoms with Crippen molar-refractivity contribution in [1.82, 2.24) is 15.0 Å². The summed E-state index contributed by atoms with van der Waals surface area (Å²) in [7, 11) is -3.46. The molecule has 1 amide bonds. The van der Waals surface area contributed by atoms with Crippen molar-refractivity contribution in [2.24, 2.45) is 0 Å². The minimum atomic E-state index is -3.46. The van der Waals surface area contributed by atoms with E-state index in [1.165, 1.54) is 12.1 Å². The van der Waals surface area contributed by atoms with Gasteiger partial charge in [0.15, 0.2) is 15.7 Å². The highest BCUT2D eigenvalue weighted by Crippen LogP contribution is 2.33. The molecule has 2 saturated heterocycles. The molecule has 2 fully saturated rings. The number of hydrogen-bond donors (Lipinski definition) is 0. The maximum atomic E-state index is 14.6. The molecule has 180 valence electrons. The van der Waals surface area contributed by atoms with E-state index in [0.717, 1.165) is 31.6 Å². The van der Waals surface area contributed by atoms with Crippen LogP contribution in [0.5, 0.6) is 0 Å². The lowest BCUT2D eigenvalue weighted by Crippen LogP contribution is -2.39. The Morgan fingerprint density at radius 2 is 1.88 bits per heavy atom. The number of ether oxygens (including phenoxy) is 1. The molecular formula is C22H29FN4O5S. The number of aromatic nitrogens is 2. The van der Waals surface area contributed by atoms with Crippen LogP contribution in [0.1, 0.15) is 56.7 Å². The highest BCUT2D eigenvalue weighted by Gasteiger charge is 2.32. The Bertz CT molecular complexity index is 1110. The van der Waals surface area contributed by atoms with Crippen LogP contribution in [0.2, 0.25) is 0 Å². The third kappa shape index (κ3) is 5.29. The number of anilines is 1. The van der Waals surface area contributed by atoms with Crippen LogP contribution in [-0.4, -0.2) is 68.1 Å². The fraction of sp³-hybridized carbons (Fsp3) is 0.591. The third-order valence-electron chi connectivity index (χ3n) is 6.14. The molecule has 0 radical (unpaired) electrons. The molecule has 33 heavy (non-hydrogen) atoms. The minimum absolute atomic E-state index is 0.00223. The average molecular weight is 481 g/mol. The summed E-state index contributed by atoms with van der Waals surface area (Å²) in [4.78, 5) is 20.2. The standard InChI is InChI=1S/C22H29FN4O5S/c1-14(2)31-22(28)26-9-6-15(7-10-26)21-24-20(25-32-21)16-8-11-27(13-16)19-5-4-17(12-18(19)23)33(3,29)30/h4-5,12,14-16H,6-11,13H2,1-3H3/t16-/m0/s1. The molecule has 4 rings (SSSR count). The molecule has 0 unspecified atom stereocenters. The van der Waals surface area contributed by atoms with Crippen molar-refractivity contribution in [3.05, 3.63) is 35.7 Å². The van der Waals surface area contributed by atoms with Crippen LogP contribution < -0.4 is 4.90 Å². The molecule has 1 aromatic heterocycles. The van der Waals surface area contributed by atoms with Gasteiger partial charge in [-0.05, 0) is 51.3 Å². The van der Waals surface area contributed by atoms with Crippen molar-refractivity contribution in [2.45, 2.75) is 55.9 Å². The van der Waals surface area contributed by atoms with Gasteiger partial charge < -0.3 is 19.1 Å². The smallest absolute Gasteiger partial charge is 0.410 e. The molecule has 0 N–H and O–H groups in total. The van der Waals surface area contributed by atoms with Crippen molar-refractivity contribution in [2.75, 3.05) is 37.3 Å². The summed E-state index contributed by atoms with van der Waals surface area (Å²) >= 11 is 0. The number of piperidine rings is 1. The van der Waals surface area contributed by atoms with E-state index in [4.69, 9.17) is 9.26 Å². The second-order valence-electron chi connectivity index (χ2n) is 9.00. The van der Waals surface area contributed by atoms with Gasteiger partial charge in [-0.2, -0.15) is 4.98 Å². The molecule has 9 nitrogen and oxygen atoms in total. The van der Waals surface area contributed by atoms with Gasteiger partial charge in [0.2, 0.25) is 5.89 Å². The lowest BCUT2D eigenvalue weighted by Gasteiger charge is -2.30. The van der Waals surface area contributed by atoms with Crippen LogP contribution in [0.3, 0.4) is 0 Å². The van der Waals surface area contributed by atoms with Gasteiger partial charge in [0.05, 0.1) is 16.7 Å². The van der Waals surface area contributed by atoms with Crippen molar-refractivity contribution in [1.29, 1.82) is 0 Å². The van der Waals surface area contributed by atoms with Gasteiger partial charge in [-0.1, -0.05) is 5.16 Å². The van der Waals surface area contributed by atoms with Crippen LogP contribution in [0.25, 0.3) is 0 Å². The van der Waals surface area contributed by atoms with Gasteiger partial charge in [-0.3, -0.25) is 0 Å². The molecule has 1 atom stereocenters. The Morgan fingerprint density at radius 1 is 1.18 bits per heavy atom. The average Bonchev–Trinajstić information content (AvgIpc) is 3.42. The summed E-state index contributed by atoms with van der Waals surface area (Å²) in [5.74, 6) is 0.701. The van der Waals surface area contributed by atoms with Gasteiger partial charge in [-0.25, -0.2) is 17.6 Å². The van der Waals surface area contributed by atoms with Crippen LogP contribution in [0.15, 0.2) is 27.6 Å². The van der Waals surface area contributed by atoms with Crippen molar-refractivity contribution >= 4 is 21.6 Å². The largest absolute Gasteiger partial charge is 0.447 e. The maximum absolute atomic E-state index is 14.6. The van der Waals surface area contributed by atoms with E-state index in [9.17, 15) is 17.6 Å². The van der Waals surface area contributed by atoms with Gasteiger partial charge in [0, 0.05) is 44.3 Å². The summed E-state index contributed by atoms with van der Waals surface area (Å²) in [6.45, 7) is 5.94. The number of hydrogen-bond acceptors (Lipinski definition) is 8. The van der Waals surface area contributed by atoms with E-state index >= 15 is 0 Å².